The Morgan fingerprint density at radius 2 is 2.06 bits per heavy atom. The second-order valence-electron chi connectivity index (χ2n) is 4.95. The first-order chi connectivity index (χ1) is 8.47. The van der Waals surface area contributed by atoms with E-state index in [9.17, 15) is 14.3 Å². The third kappa shape index (κ3) is 2.18. The van der Waals surface area contributed by atoms with Gasteiger partial charge in [-0.3, -0.25) is 4.79 Å². The van der Waals surface area contributed by atoms with Crippen molar-refractivity contribution in [3.63, 3.8) is 0 Å². The second kappa shape index (κ2) is 5.00. The number of benzene rings is 1. The van der Waals surface area contributed by atoms with Crippen LogP contribution >= 0.6 is 15.9 Å². The zero-order valence-corrected chi connectivity index (χ0v) is 11.8. The van der Waals surface area contributed by atoms with E-state index in [0.717, 1.165) is 18.4 Å². The first-order valence-electron chi connectivity index (χ1n) is 6.15. The Hall–Kier alpha value is -0.900. The highest BCUT2D eigenvalue weighted by Crippen LogP contribution is 2.43. The molecule has 2 nitrogen and oxygen atoms in total. The second-order valence-corrected chi connectivity index (χ2v) is 5.80. The molecule has 0 saturated heterocycles. The maximum Gasteiger partial charge on any atom is 0.314 e. The lowest BCUT2D eigenvalue weighted by molar-refractivity contribution is -0.143. The van der Waals surface area contributed by atoms with E-state index < -0.39 is 17.6 Å². The topological polar surface area (TPSA) is 37.3 Å². The van der Waals surface area contributed by atoms with Crippen LogP contribution in [0.4, 0.5) is 4.39 Å². The number of carbonyl (C=O) groups is 1. The number of hydrogen-bond donors (Lipinski definition) is 1. The zero-order chi connectivity index (χ0) is 13.3. The van der Waals surface area contributed by atoms with Crippen molar-refractivity contribution in [2.24, 2.45) is 0 Å². The quantitative estimate of drug-likeness (QED) is 0.899. The van der Waals surface area contributed by atoms with Crippen molar-refractivity contribution in [1.29, 1.82) is 0 Å². The standard InChI is InChI=1S/C14H16BrFO2/c1-9(16)11-5-4-10(8-12(11)15)14(13(17)18)6-2-3-7-14/h4-5,8-9H,2-3,6-7H2,1H3,(H,17,18). The zero-order valence-electron chi connectivity index (χ0n) is 10.2. The molecule has 0 aliphatic heterocycles. The van der Waals surface area contributed by atoms with Crippen LogP contribution in [0, 0.1) is 0 Å². The molecule has 0 aromatic heterocycles. The van der Waals surface area contributed by atoms with Crippen molar-refractivity contribution < 1.29 is 14.3 Å². The summed E-state index contributed by atoms with van der Waals surface area (Å²) in [6.07, 6.45) is 2.15. The molecule has 1 aromatic rings. The lowest BCUT2D eigenvalue weighted by atomic mass is 9.78. The number of carboxylic acid groups (broad SMARTS) is 1. The van der Waals surface area contributed by atoms with Crippen molar-refractivity contribution in [3.05, 3.63) is 33.8 Å². The highest BCUT2D eigenvalue weighted by molar-refractivity contribution is 9.10. The number of halogens is 2. The van der Waals surface area contributed by atoms with Gasteiger partial charge in [-0.15, -0.1) is 0 Å². The molecule has 0 spiro atoms. The Labute approximate surface area is 114 Å². The van der Waals surface area contributed by atoms with Gasteiger partial charge < -0.3 is 5.11 Å². The van der Waals surface area contributed by atoms with Gasteiger partial charge in [-0.2, -0.15) is 0 Å². The number of alkyl halides is 1. The summed E-state index contributed by atoms with van der Waals surface area (Å²) in [5.41, 5.74) is 0.571. The van der Waals surface area contributed by atoms with Crippen molar-refractivity contribution in [1.82, 2.24) is 0 Å². The normalized spacial score (nSPS) is 19.7. The predicted molar refractivity (Wildman–Crippen MR) is 71.4 cm³/mol. The summed E-state index contributed by atoms with van der Waals surface area (Å²) in [5, 5.41) is 9.50. The summed E-state index contributed by atoms with van der Waals surface area (Å²) in [6.45, 7) is 1.47. The Morgan fingerprint density at radius 1 is 1.44 bits per heavy atom. The van der Waals surface area contributed by atoms with Gasteiger partial charge in [0.05, 0.1) is 5.41 Å². The Kier molecular flexibility index (Phi) is 3.76. The minimum atomic E-state index is -1.06. The molecule has 1 aliphatic rings. The van der Waals surface area contributed by atoms with Crippen LogP contribution in [-0.4, -0.2) is 11.1 Å². The molecule has 1 aromatic carbocycles. The Balaban J connectivity index is 2.44. The van der Waals surface area contributed by atoms with E-state index in [1.54, 1.807) is 18.2 Å². The van der Waals surface area contributed by atoms with Gasteiger partial charge in [-0.05, 0) is 37.0 Å². The fourth-order valence-corrected chi connectivity index (χ4v) is 3.45. The van der Waals surface area contributed by atoms with Crippen LogP contribution in [0.2, 0.25) is 0 Å². The van der Waals surface area contributed by atoms with Crippen LogP contribution in [0.15, 0.2) is 22.7 Å². The largest absolute Gasteiger partial charge is 0.481 e. The molecule has 0 bridgehead atoms. The van der Waals surface area contributed by atoms with Crippen LogP contribution in [0.5, 0.6) is 0 Å². The minimum Gasteiger partial charge on any atom is -0.481 e. The summed E-state index contributed by atoms with van der Waals surface area (Å²) in [5.74, 6) is -0.770. The maximum absolute atomic E-state index is 13.3. The maximum atomic E-state index is 13.3. The third-order valence-electron chi connectivity index (χ3n) is 3.85. The average Bonchev–Trinajstić information content (AvgIpc) is 2.78. The van der Waals surface area contributed by atoms with Gasteiger partial charge in [-0.25, -0.2) is 4.39 Å². The van der Waals surface area contributed by atoms with Crippen molar-refractivity contribution in [3.8, 4) is 0 Å². The van der Waals surface area contributed by atoms with Gasteiger partial charge >= 0.3 is 5.97 Å². The molecule has 1 unspecified atom stereocenters. The van der Waals surface area contributed by atoms with E-state index >= 15 is 0 Å². The van der Waals surface area contributed by atoms with E-state index in [1.165, 1.54) is 6.92 Å². The molecule has 1 N–H and O–H groups in total. The molecule has 1 saturated carbocycles. The predicted octanol–water partition coefficient (Wildman–Crippen LogP) is 4.38. The van der Waals surface area contributed by atoms with Crippen LogP contribution < -0.4 is 0 Å². The summed E-state index contributed by atoms with van der Waals surface area (Å²) in [4.78, 5) is 11.6. The average molecular weight is 315 g/mol. The number of aliphatic carboxylic acids is 1. The molecular weight excluding hydrogens is 299 g/mol. The molecule has 1 aliphatic carbocycles. The van der Waals surface area contributed by atoms with Gasteiger partial charge in [-0.1, -0.05) is 40.9 Å². The molecular formula is C14H16BrFO2. The molecule has 18 heavy (non-hydrogen) atoms. The Morgan fingerprint density at radius 3 is 2.50 bits per heavy atom. The molecule has 4 heteroatoms. The SMILES string of the molecule is CC(F)c1ccc(C2(C(=O)O)CCCC2)cc1Br. The minimum absolute atomic E-state index is 0.567. The van der Waals surface area contributed by atoms with E-state index in [0.29, 0.717) is 22.9 Å². The molecule has 0 amide bonds. The fourth-order valence-electron chi connectivity index (χ4n) is 2.75. The molecule has 1 atom stereocenters. The molecule has 2 rings (SSSR count). The van der Waals surface area contributed by atoms with Gasteiger partial charge in [0.1, 0.15) is 6.17 Å². The van der Waals surface area contributed by atoms with Crippen LogP contribution in [0.25, 0.3) is 0 Å². The van der Waals surface area contributed by atoms with E-state index in [4.69, 9.17) is 0 Å². The summed E-state index contributed by atoms with van der Waals surface area (Å²) in [7, 11) is 0. The molecule has 0 heterocycles. The lowest BCUT2D eigenvalue weighted by Crippen LogP contribution is -2.32. The number of hydrogen-bond acceptors (Lipinski definition) is 1. The number of carboxylic acids is 1. The summed E-state index contributed by atoms with van der Waals surface area (Å²) in [6, 6.07) is 5.22. The molecule has 1 fully saturated rings. The third-order valence-corrected chi connectivity index (χ3v) is 4.53. The highest BCUT2D eigenvalue weighted by Gasteiger charge is 2.43. The van der Waals surface area contributed by atoms with E-state index in [2.05, 4.69) is 15.9 Å². The molecule has 98 valence electrons. The van der Waals surface area contributed by atoms with Gasteiger partial charge in [0.15, 0.2) is 0 Å². The monoisotopic (exact) mass is 314 g/mol. The van der Waals surface area contributed by atoms with Crippen molar-refractivity contribution in [2.75, 3.05) is 0 Å². The van der Waals surface area contributed by atoms with Crippen LogP contribution in [0.3, 0.4) is 0 Å². The fraction of sp³-hybridized carbons (Fsp3) is 0.500. The Bertz CT molecular complexity index is 465. The van der Waals surface area contributed by atoms with Crippen LogP contribution in [0.1, 0.15) is 49.9 Å². The van der Waals surface area contributed by atoms with Crippen molar-refractivity contribution >= 4 is 21.9 Å². The van der Waals surface area contributed by atoms with Crippen LogP contribution in [-0.2, 0) is 10.2 Å². The van der Waals surface area contributed by atoms with Gasteiger partial charge in [0.25, 0.3) is 0 Å². The van der Waals surface area contributed by atoms with Gasteiger partial charge in [0, 0.05) is 4.47 Å². The first kappa shape index (κ1) is 13.5. The highest BCUT2D eigenvalue weighted by atomic mass is 79.9. The summed E-state index contributed by atoms with van der Waals surface area (Å²) < 4.78 is 14.0. The van der Waals surface area contributed by atoms with E-state index in [1.807, 2.05) is 0 Å². The van der Waals surface area contributed by atoms with E-state index in [-0.39, 0.29) is 0 Å². The smallest absolute Gasteiger partial charge is 0.314 e. The van der Waals surface area contributed by atoms with Gasteiger partial charge in [0.2, 0.25) is 0 Å². The molecule has 0 radical (unpaired) electrons. The summed E-state index contributed by atoms with van der Waals surface area (Å²) >= 11 is 3.34. The number of rotatable bonds is 3. The lowest BCUT2D eigenvalue weighted by Gasteiger charge is -2.25. The first-order valence-corrected chi connectivity index (χ1v) is 6.94. The van der Waals surface area contributed by atoms with Crippen molar-refractivity contribution in [2.45, 2.75) is 44.2 Å².